The zero-order chi connectivity index (χ0) is 24.9. The highest BCUT2D eigenvalue weighted by Crippen LogP contribution is 2.44. The number of rotatable bonds is 8. The van der Waals surface area contributed by atoms with Crippen LogP contribution in [0.1, 0.15) is 51.1 Å². The van der Waals surface area contributed by atoms with E-state index in [9.17, 15) is 19.8 Å². The van der Waals surface area contributed by atoms with Gasteiger partial charge >= 0.3 is 12.1 Å². The standard InChI is InChI=1S/C28H29NO6/c1-17-15-18(27(32)34-2)11-12-19(17)26(31)25(30)13-14-29-28(33)35-16-24-22-9-5-3-7-20(22)21-8-4-6-10-23(21)24/h3-12,15,24-26,30-31H,13-14,16H2,1-2H3,(H,29,33). The second-order valence-corrected chi connectivity index (χ2v) is 8.62. The van der Waals surface area contributed by atoms with Crippen LogP contribution in [0.5, 0.6) is 0 Å². The van der Waals surface area contributed by atoms with E-state index in [4.69, 9.17) is 9.47 Å². The maximum Gasteiger partial charge on any atom is 0.407 e. The highest BCUT2D eigenvalue weighted by molar-refractivity contribution is 5.89. The van der Waals surface area contributed by atoms with E-state index in [2.05, 4.69) is 29.6 Å². The number of benzene rings is 3. The Balaban J connectivity index is 1.28. The van der Waals surface area contributed by atoms with Crippen molar-refractivity contribution in [2.45, 2.75) is 31.5 Å². The number of hydrogen-bond donors (Lipinski definition) is 3. The van der Waals surface area contributed by atoms with E-state index in [1.807, 2.05) is 24.3 Å². The first kappa shape index (κ1) is 24.4. The first-order valence-corrected chi connectivity index (χ1v) is 11.5. The van der Waals surface area contributed by atoms with Gasteiger partial charge in [0.25, 0.3) is 0 Å². The second-order valence-electron chi connectivity index (χ2n) is 8.62. The van der Waals surface area contributed by atoms with Crippen LogP contribution < -0.4 is 5.32 Å². The molecular weight excluding hydrogens is 446 g/mol. The van der Waals surface area contributed by atoms with Gasteiger partial charge in [-0.25, -0.2) is 9.59 Å². The molecule has 0 heterocycles. The number of aryl methyl sites for hydroxylation is 1. The molecule has 0 bridgehead atoms. The average molecular weight is 476 g/mol. The minimum absolute atomic E-state index is 0.0310. The van der Waals surface area contributed by atoms with E-state index in [0.717, 1.165) is 22.3 Å². The van der Waals surface area contributed by atoms with Crippen LogP contribution >= 0.6 is 0 Å². The molecule has 35 heavy (non-hydrogen) atoms. The molecule has 0 aromatic heterocycles. The molecule has 0 saturated carbocycles. The zero-order valence-electron chi connectivity index (χ0n) is 19.7. The van der Waals surface area contributed by atoms with Crippen LogP contribution in [-0.2, 0) is 9.47 Å². The Kier molecular flexibility index (Phi) is 7.48. The normalized spacial score (nSPS) is 13.9. The summed E-state index contributed by atoms with van der Waals surface area (Å²) < 4.78 is 10.2. The Morgan fingerprint density at radius 2 is 1.60 bits per heavy atom. The van der Waals surface area contributed by atoms with Crippen molar-refractivity contribution in [1.29, 1.82) is 0 Å². The van der Waals surface area contributed by atoms with Crippen LogP contribution in [-0.4, -0.2) is 48.6 Å². The molecule has 0 saturated heterocycles. The van der Waals surface area contributed by atoms with Crippen LogP contribution in [0.3, 0.4) is 0 Å². The van der Waals surface area contributed by atoms with Gasteiger partial charge in [-0.05, 0) is 58.9 Å². The van der Waals surface area contributed by atoms with Gasteiger partial charge in [-0.2, -0.15) is 0 Å². The van der Waals surface area contributed by atoms with Crippen molar-refractivity contribution >= 4 is 12.1 Å². The molecule has 0 spiro atoms. The van der Waals surface area contributed by atoms with E-state index in [1.54, 1.807) is 25.1 Å². The fourth-order valence-corrected chi connectivity index (χ4v) is 4.59. The van der Waals surface area contributed by atoms with Crippen molar-refractivity contribution in [3.05, 3.63) is 94.5 Å². The van der Waals surface area contributed by atoms with E-state index < -0.39 is 24.3 Å². The highest BCUT2D eigenvalue weighted by atomic mass is 16.5. The molecule has 182 valence electrons. The molecule has 2 unspecified atom stereocenters. The van der Waals surface area contributed by atoms with Crippen LogP contribution in [0, 0.1) is 6.92 Å². The van der Waals surface area contributed by atoms with Gasteiger partial charge in [0.1, 0.15) is 12.7 Å². The Hall–Kier alpha value is -3.68. The minimum Gasteiger partial charge on any atom is -0.465 e. The summed E-state index contributed by atoms with van der Waals surface area (Å²) in [7, 11) is 1.30. The van der Waals surface area contributed by atoms with E-state index >= 15 is 0 Å². The molecule has 3 aromatic carbocycles. The van der Waals surface area contributed by atoms with E-state index in [0.29, 0.717) is 16.7 Å². The largest absolute Gasteiger partial charge is 0.465 e. The predicted molar refractivity (Wildman–Crippen MR) is 131 cm³/mol. The molecule has 7 heteroatoms. The lowest BCUT2D eigenvalue weighted by atomic mass is 9.96. The molecule has 0 aliphatic heterocycles. The number of hydrogen-bond acceptors (Lipinski definition) is 6. The minimum atomic E-state index is -1.16. The Morgan fingerprint density at radius 3 is 2.20 bits per heavy atom. The summed E-state index contributed by atoms with van der Waals surface area (Å²) in [5.41, 5.74) is 6.11. The molecule has 1 aliphatic carbocycles. The van der Waals surface area contributed by atoms with Crippen molar-refractivity contribution in [3.8, 4) is 11.1 Å². The summed E-state index contributed by atoms with van der Waals surface area (Å²) in [5.74, 6) is -0.501. The lowest BCUT2D eigenvalue weighted by molar-refractivity contribution is 0.0133. The van der Waals surface area contributed by atoms with E-state index in [-0.39, 0.29) is 25.5 Å². The van der Waals surface area contributed by atoms with Crippen molar-refractivity contribution in [2.24, 2.45) is 0 Å². The fourth-order valence-electron chi connectivity index (χ4n) is 4.59. The molecule has 0 fully saturated rings. The Morgan fingerprint density at radius 1 is 0.971 bits per heavy atom. The molecule has 0 radical (unpaired) electrons. The molecular formula is C28H29NO6. The number of aliphatic hydroxyl groups excluding tert-OH is 2. The smallest absolute Gasteiger partial charge is 0.407 e. The van der Waals surface area contributed by atoms with Gasteiger partial charge in [-0.3, -0.25) is 0 Å². The van der Waals surface area contributed by atoms with Crippen LogP contribution in [0.4, 0.5) is 4.79 Å². The zero-order valence-corrected chi connectivity index (χ0v) is 19.7. The van der Waals surface area contributed by atoms with E-state index in [1.165, 1.54) is 7.11 Å². The number of fused-ring (bicyclic) bond motifs is 3. The van der Waals surface area contributed by atoms with Crippen molar-refractivity contribution < 1.29 is 29.3 Å². The highest BCUT2D eigenvalue weighted by Gasteiger charge is 2.29. The third-order valence-corrected chi connectivity index (χ3v) is 6.43. The molecule has 3 aromatic rings. The topological polar surface area (TPSA) is 105 Å². The van der Waals surface area contributed by atoms with Gasteiger partial charge in [0, 0.05) is 12.5 Å². The maximum absolute atomic E-state index is 12.3. The number of methoxy groups -OCH3 is 1. The SMILES string of the molecule is COC(=O)c1ccc(C(O)C(O)CCNC(=O)OCC2c3ccccc3-c3ccccc32)c(C)c1. The monoisotopic (exact) mass is 475 g/mol. The van der Waals surface area contributed by atoms with Crippen LogP contribution in [0.2, 0.25) is 0 Å². The lowest BCUT2D eigenvalue weighted by Crippen LogP contribution is -2.30. The number of nitrogens with one attached hydrogen (secondary N) is 1. The van der Waals surface area contributed by atoms with Gasteiger partial charge in [0.15, 0.2) is 0 Å². The number of esters is 1. The quantitative estimate of drug-likeness (QED) is 0.424. The van der Waals surface area contributed by atoms with Crippen LogP contribution in [0.25, 0.3) is 11.1 Å². The summed E-state index contributed by atoms with van der Waals surface area (Å²) in [6.45, 7) is 2.08. The van der Waals surface area contributed by atoms with Gasteiger partial charge in [-0.1, -0.05) is 54.6 Å². The summed E-state index contributed by atoms with van der Waals surface area (Å²) in [5, 5.41) is 23.6. The van der Waals surface area contributed by atoms with Crippen LogP contribution in [0.15, 0.2) is 66.7 Å². The molecule has 3 N–H and O–H groups in total. The number of alkyl carbamates (subject to hydrolysis) is 1. The number of aliphatic hydroxyl groups is 2. The average Bonchev–Trinajstić information content (AvgIpc) is 3.20. The molecule has 1 aliphatic rings. The summed E-state index contributed by atoms with van der Waals surface area (Å²) in [6, 6.07) is 21.0. The summed E-state index contributed by atoms with van der Waals surface area (Å²) in [4.78, 5) is 24.0. The second kappa shape index (κ2) is 10.7. The molecule has 4 rings (SSSR count). The number of carbonyl (C=O) groups excluding carboxylic acids is 2. The predicted octanol–water partition coefficient (Wildman–Crippen LogP) is 4.10. The third-order valence-electron chi connectivity index (χ3n) is 6.43. The molecule has 1 amide bonds. The number of carbonyl (C=O) groups is 2. The maximum atomic E-state index is 12.3. The third kappa shape index (κ3) is 5.21. The Labute approximate surface area is 204 Å². The first-order chi connectivity index (χ1) is 16.9. The first-order valence-electron chi connectivity index (χ1n) is 11.5. The Bertz CT molecular complexity index is 1180. The molecule has 7 nitrogen and oxygen atoms in total. The van der Waals surface area contributed by atoms with Gasteiger partial charge < -0.3 is 25.0 Å². The van der Waals surface area contributed by atoms with Crippen molar-refractivity contribution in [3.63, 3.8) is 0 Å². The number of ether oxygens (including phenoxy) is 2. The van der Waals surface area contributed by atoms with Crippen molar-refractivity contribution in [2.75, 3.05) is 20.3 Å². The van der Waals surface area contributed by atoms with Gasteiger partial charge in [0.2, 0.25) is 0 Å². The molecule has 2 atom stereocenters. The van der Waals surface area contributed by atoms with Crippen molar-refractivity contribution in [1.82, 2.24) is 5.32 Å². The van der Waals surface area contributed by atoms with Gasteiger partial charge in [-0.15, -0.1) is 0 Å². The summed E-state index contributed by atoms with van der Waals surface area (Å²) >= 11 is 0. The lowest BCUT2D eigenvalue weighted by Gasteiger charge is -2.20. The summed E-state index contributed by atoms with van der Waals surface area (Å²) in [6.07, 6.45) is -2.71. The number of amides is 1. The fraction of sp³-hybridized carbons (Fsp3) is 0.286. The van der Waals surface area contributed by atoms with Gasteiger partial charge in [0.05, 0.1) is 18.8 Å².